The van der Waals surface area contributed by atoms with Crippen molar-refractivity contribution in [1.29, 1.82) is 5.26 Å². The van der Waals surface area contributed by atoms with E-state index in [4.69, 9.17) is 5.26 Å². The minimum Gasteiger partial charge on any atom is -0.330 e. The second-order valence-corrected chi connectivity index (χ2v) is 6.62. The van der Waals surface area contributed by atoms with Gasteiger partial charge in [-0.25, -0.2) is 4.68 Å². The number of amides is 1. The molecule has 0 spiro atoms. The van der Waals surface area contributed by atoms with Crippen molar-refractivity contribution in [2.75, 3.05) is 0 Å². The Morgan fingerprint density at radius 1 is 1.11 bits per heavy atom. The molecule has 2 aromatic carbocycles. The van der Waals surface area contributed by atoms with Crippen molar-refractivity contribution in [2.45, 2.75) is 33.0 Å². The normalized spacial score (nSPS) is 10.6. The average molecular weight is 359 g/mol. The molecular formula is C21H21N5O. The van der Waals surface area contributed by atoms with E-state index in [0.717, 1.165) is 11.1 Å². The highest BCUT2D eigenvalue weighted by Gasteiger charge is 2.22. The Bertz CT molecular complexity index is 939. The number of aromatic nitrogens is 3. The maximum Gasteiger partial charge on any atom is 0.276 e. The van der Waals surface area contributed by atoms with Crippen molar-refractivity contribution in [3.63, 3.8) is 0 Å². The summed E-state index contributed by atoms with van der Waals surface area (Å²) in [6.07, 6.45) is 1.68. The second-order valence-electron chi connectivity index (χ2n) is 6.62. The van der Waals surface area contributed by atoms with Crippen molar-refractivity contribution in [3.05, 3.63) is 83.2 Å². The molecule has 27 heavy (non-hydrogen) atoms. The molecule has 3 aromatic rings. The topological polar surface area (TPSA) is 74.8 Å². The number of benzene rings is 2. The molecule has 6 heteroatoms. The van der Waals surface area contributed by atoms with Crippen LogP contribution in [0, 0.1) is 11.3 Å². The molecule has 0 radical (unpaired) electrons. The summed E-state index contributed by atoms with van der Waals surface area (Å²) in [5.74, 6) is -0.159. The van der Waals surface area contributed by atoms with E-state index in [9.17, 15) is 4.79 Å². The van der Waals surface area contributed by atoms with Crippen LogP contribution in [0.15, 0.2) is 60.8 Å². The Balaban J connectivity index is 1.74. The molecule has 1 aromatic heterocycles. The Kier molecular flexibility index (Phi) is 5.62. The molecule has 0 saturated heterocycles. The molecular weight excluding hydrogens is 338 g/mol. The number of carbonyl (C=O) groups is 1. The van der Waals surface area contributed by atoms with Crippen LogP contribution in [0.1, 0.15) is 41.0 Å². The zero-order valence-electron chi connectivity index (χ0n) is 15.4. The summed E-state index contributed by atoms with van der Waals surface area (Å²) >= 11 is 0. The third kappa shape index (κ3) is 4.59. The highest BCUT2D eigenvalue weighted by molar-refractivity contribution is 5.92. The zero-order chi connectivity index (χ0) is 19.2. The fourth-order valence-electron chi connectivity index (χ4n) is 2.76. The second kappa shape index (κ2) is 8.28. The summed E-state index contributed by atoms with van der Waals surface area (Å²) in [5.41, 5.74) is 2.99. The Morgan fingerprint density at radius 3 is 2.44 bits per heavy atom. The van der Waals surface area contributed by atoms with Gasteiger partial charge >= 0.3 is 0 Å². The Morgan fingerprint density at radius 2 is 1.81 bits per heavy atom. The molecule has 1 amide bonds. The van der Waals surface area contributed by atoms with Gasteiger partial charge in [-0.1, -0.05) is 47.7 Å². The Hall–Kier alpha value is -3.46. The van der Waals surface area contributed by atoms with Crippen LogP contribution in [0.3, 0.4) is 0 Å². The van der Waals surface area contributed by atoms with Crippen molar-refractivity contribution in [3.8, 4) is 6.07 Å². The minimum atomic E-state index is -0.159. The average Bonchev–Trinajstić information content (AvgIpc) is 3.15. The summed E-state index contributed by atoms with van der Waals surface area (Å²) in [4.78, 5) is 14.7. The van der Waals surface area contributed by atoms with Crippen LogP contribution in [0.5, 0.6) is 0 Å². The number of carbonyl (C=O) groups excluding carboxylic acids is 1. The standard InChI is InChI=1S/C21H21N5O/c1-16(2)26(14-19-10-8-17(12-22)9-11-19)21(27)20-15-25(24-23-20)13-18-6-4-3-5-7-18/h3-11,15-16H,13-14H2,1-2H3. The fraction of sp³-hybridized carbons (Fsp3) is 0.238. The number of hydrogen-bond acceptors (Lipinski definition) is 4. The van der Waals surface area contributed by atoms with Crippen LogP contribution in [-0.2, 0) is 13.1 Å². The predicted octanol–water partition coefficient (Wildman–Crippen LogP) is 3.25. The van der Waals surface area contributed by atoms with E-state index in [1.807, 2.05) is 56.3 Å². The molecule has 0 unspecified atom stereocenters. The lowest BCUT2D eigenvalue weighted by Crippen LogP contribution is -2.36. The lowest BCUT2D eigenvalue weighted by atomic mass is 10.1. The van der Waals surface area contributed by atoms with Gasteiger partial charge < -0.3 is 4.90 Å². The van der Waals surface area contributed by atoms with Crippen molar-refractivity contribution in [1.82, 2.24) is 19.9 Å². The van der Waals surface area contributed by atoms with Gasteiger partial charge in [0.15, 0.2) is 5.69 Å². The summed E-state index contributed by atoms with van der Waals surface area (Å²) in [6.45, 7) is 4.96. The first-order chi connectivity index (χ1) is 13.1. The smallest absolute Gasteiger partial charge is 0.276 e. The van der Waals surface area contributed by atoms with E-state index in [1.54, 1.807) is 27.9 Å². The van der Waals surface area contributed by atoms with Crippen molar-refractivity contribution >= 4 is 5.91 Å². The molecule has 0 aliphatic carbocycles. The third-order valence-electron chi connectivity index (χ3n) is 4.27. The first-order valence-corrected chi connectivity index (χ1v) is 8.81. The molecule has 1 heterocycles. The van der Waals surface area contributed by atoms with Crippen LogP contribution in [0.2, 0.25) is 0 Å². The van der Waals surface area contributed by atoms with Crippen LogP contribution < -0.4 is 0 Å². The molecule has 136 valence electrons. The van der Waals surface area contributed by atoms with Gasteiger partial charge in [-0.05, 0) is 37.1 Å². The predicted molar refractivity (Wildman–Crippen MR) is 102 cm³/mol. The zero-order valence-corrected chi connectivity index (χ0v) is 15.4. The quantitative estimate of drug-likeness (QED) is 0.677. The molecule has 6 nitrogen and oxygen atoms in total. The van der Waals surface area contributed by atoms with Crippen LogP contribution in [0.4, 0.5) is 0 Å². The van der Waals surface area contributed by atoms with E-state index in [2.05, 4.69) is 16.4 Å². The molecule has 0 saturated carbocycles. The van der Waals surface area contributed by atoms with Gasteiger partial charge in [0.25, 0.3) is 5.91 Å². The van der Waals surface area contributed by atoms with E-state index in [1.165, 1.54) is 0 Å². The molecule has 0 aliphatic rings. The number of nitriles is 1. The first-order valence-electron chi connectivity index (χ1n) is 8.81. The van der Waals surface area contributed by atoms with Gasteiger partial charge in [0.2, 0.25) is 0 Å². The van der Waals surface area contributed by atoms with Gasteiger partial charge in [-0.15, -0.1) is 5.10 Å². The molecule has 0 N–H and O–H groups in total. The SMILES string of the molecule is CC(C)N(Cc1ccc(C#N)cc1)C(=O)c1cn(Cc2ccccc2)nn1. The van der Waals surface area contributed by atoms with Crippen molar-refractivity contribution < 1.29 is 4.79 Å². The lowest BCUT2D eigenvalue weighted by Gasteiger charge is -2.26. The molecule has 0 bridgehead atoms. The number of rotatable bonds is 6. The Labute approximate surface area is 158 Å². The van der Waals surface area contributed by atoms with Crippen LogP contribution >= 0.6 is 0 Å². The first kappa shape index (κ1) is 18.3. The van der Waals surface area contributed by atoms with Crippen LogP contribution in [-0.4, -0.2) is 31.8 Å². The molecule has 0 atom stereocenters. The minimum absolute atomic E-state index is 0.00687. The lowest BCUT2D eigenvalue weighted by molar-refractivity contribution is 0.0684. The highest BCUT2D eigenvalue weighted by atomic mass is 16.2. The maximum absolute atomic E-state index is 12.9. The fourth-order valence-corrected chi connectivity index (χ4v) is 2.76. The molecule has 0 aliphatic heterocycles. The largest absolute Gasteiger partial charge is 0.330 e. The summed E-state index contributed by atoms with van der Waals surface area (Å²) in [5, 5.41) is 17.1. The van der Waals surface area contributed by atoms with Gasteiger partial charge in [-0.3, -0.25) is 4.79 Å². The molecule has 3 rings (SSSR count). The summed E-state index contributed by atoms with van der Waals surface area (Å²) in [6, 6.07) is 19.3. The van der Waals surface area contributed by atoms with Gasteiger partial charge in [0.05, 0.1) is 24.4 Å². The summed E-state index contributed by atoms with van der Waals surface area (Å²) in [7, 11) is 0. The monoisotopic (exact) mass is 359 g/mol. The van der Waals surface area contributed by atoms with Gasteiger partial charge in [0.1, 0.15) is 0 Å². The van der Waals surface area contributed by atoms with Crippen molar-refractivity contribution in [2.24, 2.45) is 0 Å². The summed E-state index contributed by atoms with van der Waals surface area (Å²) < 4.78 is 1.67. The number of hydrogen-bond donors (Lipinski definition) is 0. The molecule has 0 fully saturated rings. The highest BCUT2D eigenvalue weighted by Crippen LogP contribution is 2.13. The van der Waals surface area contributed by atoms with Crippen LogP contribution in [0.25, 0.3) is 0 Å². The van der Waals surface area contributed by atoms with Gasteiger partial charge in [0, 0.05) is 12.6 Å². The van der Waals surface area contributed by atoms with E-state index < -0.39 is 0 Å². The maximum atomic E-state index is 12.9. The van der Waals surface area contributed by atoms with E-state index >= 15 is 0 Å². The van der Waals surface area contributed by atoms with E-state index in [-0.39, 0.29) is 11.9 Å². The van der Waals surface area contributed by atoms with Gasteiger partial charge in [-0.2, -0.15) is 5.26 Å². The number of nitrogens with zero attached hydrogens (tertiary/aromatic N) is 5. The third-order valence-corrected chi connectivity index (χ3v) is 4.27. The van der Waals surface area contributed by atoms with E-state index in [0.29, 0.717) is 24.3 Å².